The van der Waals surface area contributed by atoms with Gasteiger partial charge in [-0.2, -0.15) is 0 Å². The van der Waals surface area contributed by atoms with E-state index in [4.69, 9.17) is 15.2 Å². The van der Waals surface area contributed by atoms with E-state index in [9.17, 15) is 4.79 Å². The highest BCUT2D eigenvalue weighted by atomic mass is 16.5. The molecule has 24 heavy (non-hydrogen) atoms. The Morgan fingerprint density at radius 2 is 1.96 bits per heavy atom. The lowest BCUT2D eigenvalue weighted by atomic mass is 10.1. The van der Waals surface area contributed by atoms with Crippen LogP contribution >= 0.6 is 0 Å². The summed E-state index contributed by atoms with van der Waals surface area (Å²) >= 11 is 0. The second-order valence-electron chi connectivity index (χ2n) is 5.99. The number of hydrogen-bond donors (Lipinski definition) is 1. The van der Waals surface area contributed by atoms with Gasteiger partial charge in [0.1, 0.15) is 11.5 Å². The van der Waals surface area contributed by atoms with Crippen LogP contribution in [0.2, 0.25) is 0 Å². The number of aryl methyl sites for hydroxylation is 1. The number of benzene rings is 2. The minimum absolute atomic E-state index is 0.0393. The summed E-state index contributed by atoms with van der Waals surface area (Å²) in [5.41, 5.74) is 8.39. The molecule has 0 saturated carbocycles. The van der Waals surface area contributed by atoms with Crippen molar-refractivity contribution < 1.29 is 14.3 Å². The summed E-state index contributed by atoms with van der Waals surface area (Å²) in [6, 6.07) is 13.3. The summed E-state index contributed by atoms with van der Waals surface area (Å²) in [5.74, 6) is 1.46. The van der Waals surface area contributed by atoms with E-state index < -0.39 is 6.10 Å². The highest BCUT2D eigenvalue weighted by Gasteiger charge is 2.31. The van der Waals surface area contributed by atoms with Crippen molar-refractivity contribution in [2.24, 2.45) is 0 Å². The fourth-order valence-corrected chi connectivity index (χ4v) is 2.70. The molecule has 1 heterocycles. The van der Waals surface area contributed by atoms with E-state index in [1.54, 1.807) is 24.0 Å². The van der Waals surface area contributed by atoms with Gasteiger partial charge in [0.05, 0.1) is 12.3 Å². The van der Waals surface area contributed by atoms with Gasteiger partial charge >= 0.3 is 0 Å². The van der Waals surface area contributed by atoms with Gasteiger partial charge in [0, 0.05) is 18.3 Å². The average Bonchev–Trinajstić information content (AvgIpc) is 2.56. The number of carbonyl (C=O) groups is 1. The minimum Gasteiger partial charge on any atom is -0.494 e. The third kappa shape index (κ3) is 3.45. The van der Waals surface area contributed by atoms with Crippen molar-refractivity contribution in [1.82, 2.24) is 0 Å². The number of anilines is 2. The summed E-state index contributed by atoms with van der Waals surface area (Å²) in [4.78, 5) is 14.2. The van der Waals surface area contributed by atoms with Crippen LogP contribution in [-0.2, 0) is 4.79 Å². The maximum absolute atomic E-state index is 12.4. The molecule has 0 aromatic heterocycles. The number of carbonyl (C=O) groups excluding carboxylic acids is 1. The molecule has 0 bridgehead atoms. The van der Waals surface area contributed by atoms with Gasteiger partial charge in [0.25, 0.3) is 5.91 Å². The van der Waals surface area contributed by atoms with Crippen molar-refractivity contribution in [2.45, 2.75) is 26.4 Å². The summed E-state index contributed by atoms with van der Waals surface area (Å²) < 4.78 is 11.4. The van der Waals surface area contributed by atoms with Gasteiger partial charge in [-0.25, -0.2) is 0 Å². The topological polar surface area (TPSA) is 64.8 Å². The zero-order valence-corrected chi connectivity index (χ0v) is 14.0. The van der Waals surface area contributed by atoms with Crippen molar-refractivity contribution in [2.75, 3.05) is 23.8 Å². The second kappa shape index (κ2) is 6.83. The Balaban J connectivity index is 1.62. The molecular formula is C19H22N2O3. The fraction of sp³-hybridized carbons (Fsp3) is 0.316. The van der Waals surface area contributed by atoms with Gasteiger partial charge < -0.3 is 20.1 Å². The van der Waals surface area contributed by atoms with E-state index in [0.717, 1.165) is 17.9 Å². The first kappa shape index (κ1) is 16.2. The Morgan fingerprint density at radius 3 is 2.71 bits per heavy atom. The molecular weight excluding hydrogens is 304 g/mol. The normalized spacial score (nSPS) is 16.5. The number of nitrogens with zero attached hydrogens (tertiary/aromatic N) is 1. The molecule has 1 atom stereocenters. The number of hydrogen-bond acceptors (Lipinski definition) is 4. The summed E-state index contributed by atoms with van der Waals surface area (Å²) in [7, 11) is 0. The number of fused-ring (bicyclic) bond motifs is 1. The van der Waals surface area contributed by atoms with Gasteiger partial charge in [0.2, 0.25) is 0 Å². The fourth-order valence-electron chi connectivity index (χ4n) is 2.70. The molecule has 2 aromatic rings. The Morgan fingerprint density at radius 1 is 1.21 bits per heavy atom. The molecule has 0 radical (unpaired) electrons. The van der Waals surface area contributed by atoms with E-state index in [0.29, 0.717) is 24.6 Å². The molecule has 126 valence electrons. The molecule has 1 aliphatic heterocycles. The van der Waals surface area contributed by atoms with Crippen LogP contribution in [0, 0.1) is 6.92 Å². The van der Waals surface area contributed by atoms with Crippen LogP contribution in [-0.4, -0.2) is 25.2 Å². The smallest absolute Gasteiger partial charge is 0.267 e. The van der Waals surface area contributed by atoms with Crippen molar-refractivity contribution in [3.8, 4) is 11.5 Å². The predicted molar refractivity (Wildman–Crippen MR) is 94.6 cm³/mol. The van der Waals surface area contributed by atoms with E-state index in [1.807, 2.05) is 37.3 Å². The lowest BCUT2D eigenvalue weighted by Gasteiger charge is -2.33. The predicted octanol–water partition coefficient (Wildman–Crippen LogP) is 3.16. The number of rotatable bonds is 5. The lowest BCUT2D eigenvalue weighted by molar-refractivity contribution is -0.125. The first-order valence-electron chi connectivity index (χ1n) is 8.11. The Labute approximate surface area is 142 Å². The first-order valence-corrected chi connectivity index (χ1v) is 8.11. The molecule has 5 heteroatoms. The molecule has 5 nitrogen and oxygen atoms in total. The van der Waals surface area contributed by atoms with Crippen molar-refractivity contribution in [3.05, 3.63) is 48.0 Å². The van der Waals surface area contributed by atoms with E-state index >= 15 is 0 Å². The Hall–Kier alpha value is -2.69. The maximum Gasteiger partial charge on any atom is 0.267 e. The summed E-state index contributed by atoms with van der Waals surface area (Å²) in [6.07, 6.45) is 0.230. The zero-order chi connectivity index (χ0) is 17.1. The van der Waals surface area contributed by atoms with Crippen LogP contribution < -0.4 is 20.1 Å². The number of ether oxygens (including phenoxy) is 2. The van der Waals surface area contributed by atoms with E-state index in [1.165, 1.54) is 5.56 Å². The summed E-state index contributed by atoms with van der Waals surface area (Å²) in [5, 5.41) is 0. The molecule has 0 spiro atoms. The van der Waals surface area contributed by atoms with Crippen LogP contribution in [0.15, 0.2) is 42.5 Å². The van der Waals surface area contributed by atoms with Crippen molar-refractivity contribution in [3.63, 3.8) is 0 Å². The van der Waals surface area contributed by atoms with E-state index in [-0.39, 0.29) is 5.91 Å². The third-order valence-corrected chi connectivity index (χ3v) is 4.01. The number of amides is 1. The van der Waals surface area contributed by atoms with Crippen LogP contribution in [0.5, 0.6) is 11.5 Å². The zero-order valence-electron chi connectivity index (χ0n) is 14.0. The van der Waals surface area contributed by atoms with Gasteiger partial charge in [0.15, 0.2) is 6.10 Å². The maximum atomic E-state index is 12.4. The average molecular weight is 326 g/mol. The Bertz CT molecular complexity index is 728. The minimum atomic E-state index is -0.502. The highest BCUT2D eigenvalue weighted by Crippen LogP contribution is 2.35. The quantitative estimate of drug-likeness (QED) is 0.677. The van der Waals surface area contributed by atoms with Gasteiger partial charge in [-0.15, -0.1) is 0 Å². The molecule has 2 aromatic carbocycles. The van der Waals surface area contributed by atoms with Crippen LogP contribution in [0.4, 0.5) is 11.4 Å². The van der Waals surface area contributed by atoms with Crippen LogP contribution in [0.3, 0.4) is 0 Å². The monoisotopic (exact) mass is 326 g/mol. The van der Waals surface area contributed by atoms with Gasteiger partial charge in [-0.3, -0.25) is 4.79 Å². The summed E-state index contributed by atoms with van der Waals surface area (Å²) in [6.45, 7) is 4.92. The molecule has 1 unspecified atom stereocenters. The number of nitrogens with two attached hydrogens (primary N) is 1. The lowest BCUT2D eigenvalue weighted by Crippen LogP contribution is -2.45. The Kier molecular flexibility index (Phi) is 4.60. The molecule has 1 amide bonds. The molecule has 3 rings (SSSR count). The molecule has 0 fully saturated rings. The van der Waals surface area contributed by atoms with Crippen LogP contribution in [0.25, 0.3) is 0 Å². The van der Waals surface area contributed by atoms with Gasteiger partial charge in [-0.1, -0.05) is 17.7 Å². The molecule has 1 aliphatic rings. The first-order chi connectivity index (χ1) is 11.5. The van der Waals surface area contributed by atoms with Crippen molar-refractivity contribution in [1.29, 1.82) is 0 Å². The third-order valence-electron chi connectivity index (χ3n) is 4.01. The molecule has 0 aliphatic carbocycles. The SMILES string of the molecule is Cc1ccc(OCCCN2C(=O)C(C)Oc3cc(N)ccc32)cc1. The number of nitrogen functional groups attached to an aromatic ring is 1. The van der Waals surface area contributed by atoms with Gasteiger partial charge in [-0.05, 0) is 44.5 Å². The standard InChI is InChI=1S/C19H22N2O3/c1-13-4-7-16(8-5-13)23-11-3-10-21-17-9-6-15(20)12-18(17)24-14(2)19(21)22/h4-9,12,14H,3,10-11,20H2,1-2H3. The van der Waals surface area contributed by atoms with E-state index in [2.05, 4.69) is 0 Å². The largest absolute Gasteiger partial charge is 0.494 e. The van der Waals surface area contributed by atoms with Crippen molar-refractivity contribution >= 4 is 17.3 Å². The second-order valence-corrected chi connectivity index (χ2v) is 5.99. The molecule has 2 N–H and O–H groups in total. The van der Waals surface area contributed by atoms with Crippen LogP contribution in [0.1, 0.15) is 18.9 Å². The highest BCUT2D eigenvalue weighted by molar-refractivity contribution is 6.00. The molecule has 0 saturated heterocycles.